The number of halogens is 1. The van der Waals surface area contributed by atoms with Crippen LogP contribution in [-0.2, 0) is 26.4 Å². The van der Waals surface area contributed by atoms with Gasteiger partial charge in [0.15, 0.2) is 10.6 Å². The molecule has 3 aromatic carbocycles. The summed E-state index contributed by atoms with van der Waals surface area (Å²) in [5, 5.41) is 5.49. The first-order chi connectivity index (χ1) is 16.0. The highest BCUT2D eigenvalue weighted by atomic mass is 35.5. The first-order valence-corrected chi connectivity index (χ1v) is 11.6. The van der Waals surface area contributed by atoms with E-state index in [1.807, 2.05) is 51.7 Å². The average Bonchev–Trinajstić information content (AvgIpc) is 3.10. The maximum Gasteiger partial charge on any atom is 0.199 e. The Balaban J connectivity index is 1.54. The van der Waals surface area contributed by atoms with Crippen molar-refractivity contribution in [3.8, 4) is 5.75 Å². The molecule has 4 rings (SSSR count). The molecule has 0 saturated heterocycles. The second-order valence-corrected chi connectivity index (χ2v) is 8.96. The Morgan fingerprint density at radius 1 is 0.939 bits per heavy atom. The molecule has 7 heteroatoms. The summed E-state index contributed by atoms with van der Waals surface area (Å²) in [4.78, 5) is 2.20. The van der Waals surface area contributed by atoms with Gasteiger partial charge in [0.1, 0.15) is 12.4 Å². The van der Waals surface area contributed by atoms with Crippen LogP contribution in [0.2, 0.25) is 5.02 Å². The van der Waals surface area contributed by atoms with Gasteiger partial charge in [-0.1, -0.05) is 71.8 Å². The molecule has 0 bridgehead atoms. The van der Waals surface area contributed by atoms with Crippen molar-refractivity contribution >= 4 is 23.8 Å². The van der Waals surface area contributed by atoms with Crippen LogP contribution in [0.4, 0.5) is 0 Å². The van der Waals surface area contributed by atoms with Crippen LogP contribution in [0.1, 0.15) is 22.5 Å². The van der Waals surface area contributed by atoms with E-state index >= 15 is 0 Å². The van der Waals surface area contributed by atoms with E-state index in [1.54, 1.807) is 0 Å². The van der Waals surface area contributed by atoms with Gasteiger partial charge >= 0.3 is 0 Å². The molecule has 1 heterocycles. The molecule has 5 nitrogen and oxygen atoms in total. The molecule has 0 unspecified atom stereocenters. The van der Waals surface area contributed by atoms with Crippen LogP contribution < -0.4 is 4.74 Å². The zero-order chi connectivity index (χ0) is 23.2. The zero-order valence-corrected chi connectivity index (χ0v) is 20.4. The Morgan fingerprint density at radius 3 is 2.33 bits per heavy atom. The van der Waals surface area contributed by atoms with Crippen molar-refractivity contribution in [2.45, 2.75) is 33.3 Å². The van der Waals surface area contributed by atoms with E-state index in [-0.39, 0.29) is 0 Å². The molecule has 0 aliphatic heterocycles. The van der Waals surface area contributed by atoms with Crippen LogP contribution in [0.3, 0.4) is 0 Å². The third-order valence-corrected chi connectivity index (χ3v) is 6.00. The quantitative estimate of drug-likeness (QED) is 0.272. The summed E-state index contributed by atoms with van der Waals surface area (Å²) >= 11 is 11.8. The van der Waals surface area contributed by atoms with Crippen LogP contribution in [0.25, 0.3) is 0 Å². The number of hydrogen-bond acceptors (Lipinski definition) is 4. The van der Waals surface area contributed by atoms with Gasteiger partial charge in [-0.15, -0.1) is 0 Å². The van der Waals surface area contributed by atoms with Gasteiger partial charge in [0, 0.05) is 11.6 Å². The SMILES string of the molecule is Cc1ccc(CN(C)Cn2nc(COc3ccc(Cl)cc3)n(Cc3ccccc3)c2=S)cc1. The lowest BCUT2D eigenvalue weighted by molar-refractivity contribution is 0.241. The average molecular weight is 479 g/mol. The number of rotatable bonds is 9. The first kappa shape index (κ1) is 23.2. The van der Waals surface area contributed by atoms with E-state index in [4.69, 9.17) is 33.7 Å². The normalized spacial score (nSPS) is 11.2. The summed E-state index contributed by atoms with van der Waals surface area (Å²) in [5.41, 5.74) is 3.67. The molecule has 0 atom stereocenters. The van der Waals surface area contributed by atoms with Crippen molar-refractivity contribution in [1.82, 2.24) is 19.2 Å². The van der Waals surface area contributed by atoms with Gasteiger partial charge in [-0.05, 0) is 61.6 Å². The largest absolute Gasteiger partial charge is 0.486 e. The van der Waals surface area contributed by atoms with Gasteiger partial charge in [-0.2, -0.15) is 5.10 Å². The number of aromatic nitrogens is 3. The first-order valence-electron chi connectivity index (χ1n) is 10.8. The Kier molecular flexibility index (Phi) is 7.60. The molecule has 0 aliphatic carbocycles. The van der Waals surface area contributed by atoms with Crippen LogP contribution in [-0.4, -0.2) is 26.3 Å². The molecule has 1 aromatic heterocycles. The van der Waals surface area contributed by atoms with Crippen LogP contribution in [0.5, 0.6) is 5.75 Å². The minimum Gasteiger partial charge on any atom is -0.486 e. The molecule has 170 valence electrons. The Hall–Kier alpha value is -2.93. The smallest absolute Gasteiger partial charge is 0.199 e. The minimum absolute atomic E-state index is 0.312. The Morgan fingerprint density at radius 2 is 1.64 bits per heavy atom. The highest BCUT2D eigenvalue weighted by molar-refractivity contribution is 7.71. The predicted molar refractivity (Wildman–Crippen MR) is 135 cm³/mol. The van der Waals surface area contributed by atoms with E-state index in [1.165, 1.54) is 11.1 Å². The van der Waals surface area contributed by atoms with Crippen molar-refractivity contribution in [3.05, 3.63) is 111 Å². The van der Waals surface area contributed by atoms with Gasteiger partial charge < -0.3 is 4.74 Å². The van der Waals surface area contributed by atoms with Gasteiger partial charge in [0.25, 0.3) is 0 Å². The molecular formula is C26H27ClN4OS. The van der Waals surface area contributed by atoms with Gasteiger partial charge in [-0.3, -0.25) is 9.47 Å². The van der Waals surface area contributed by atoms with E-state index in [0.29, 0.717) is 29.6 Å². The Labute approximate surface area is 204 Å². The van der Waals surface area contributed by atoms with Crippen molar-refractivity contribution in [3.63, 3.8) is 0 Å². The molecule has 0 spiro atoms. The van der Waals surface area contributed by atoms with E-state index < -0.39 is 0 Å². The summed E-state index contributed by atoms with van der Waals surface area (Å²) in [6.07, 6.45) is 0. The third kappa shape index (κ3) is 6.32. The van der Waals surface area contributed by atoms with E-state index in [2.05, 4.69) is 55.3 Å². The Bertz CT molecular complexity index is 1230. The second kappa shape index (κ2) is 10.8. The lowest BCUT2D eigenvalue weighted by Crippen LogP contribution is -2.22. The second-order valence-electron chi connectivity index (χ2n) is 8.15. The van der Waals surface area contributed by atoms with Gasteiger partial charge in [0.05, 0.1) is 13.2 Å². The molecule has 0 amide bonds. The fourth-order valence-corrected chi connectivity index (χ4v) is 3.97. The lowest BCUT2D eigenvalue weighted by atomic mass is 10.1. The van der Waals surface area contributed by atoms with E-state index in [0.717, 1.165) is 23.7 Å². The summed E-state index contributed by atoms with van der Waals surface area (Å²) < 4.78 is 10.6. The summed E-state index contributed by atoms with van der Waals surface area (Å²) in [7, 11) is 2.07. The molecular weight excluding hydrogens is 452 g/mol. The zero-order valence-electron chi connectivity index (χ0n) is 18.8. The van der Waals surface area contributed by atoms with E-state index in [9.17, 15) is 0 Å². The number of benzene rings is 3. The lowest BCUT2D eigenvalue weighted by Gasteiger charge is -2.16. The number of hydrogen-bond donors (Lipinski definition) is 0. The highest BCUT2D eigenvalue weighted by Crippen LogP contribution is 2.18. The number of ether oxygens (including phenoxy) is 1. The predicted octanol–water partition coefficient (Wildman–Crippen LogP) is 6.09. The summed E-state index contributed by atoms with van der Waals surface area (Å²) in [5.74, 6) is 1.52. The van der Waals surface area contributed by atoms with Crippen molar-refractivity contribution in [2.24, 2.45) is 0 Å². The molecule has 0 aliphatic rings. The molecule has 0 fully saturated rings. The van der Waals surface area contributed by atoms with Crippen molar-refractivity contribution in [2.75, 3.05) is 7.05 Å². The topological polar surface area (TPSA) is 35.2 Å². The summed E-state index contributed by atoms with van der Waals surface area (Å²) in [6, 6.07) is 26.2. The fourth-order valence-electron chi connectivity index (χ4n) is 3.57. The fraction of sp³-hybridized carbons (Fsp3) is 0.231. The standard InChI is InChI=1S/C26H27ClN4OS/c1-20-8-10-22(11-9-20)16-29(2)19-31-26(33)30(17-21-6-4-3-5-7-21)25(28-31)18-32-24-14-12-23(27)13-15-24/h3-15H,16-19H2,1-2H3. The maximum absolute atomic E-state index is 5.99. The maximum atomic E-state index is 5.99. The number of nitrogens with zero attached hydrogens (tertiary/aromatic N) is 4. The monoisotopic (exact) mass is 478 g/mol. The van der Waals surface area contributed by atoms with Crippen molar-refractivity contribution < 1.29 is 4.74 Å². The molecule has 33 heavy (non-hydrogen) atoms. The molecule has 4 aromatic rings. The van der Waals surface area contributed by atoms with Crippen LogP contribution in [0.15, 0.2) is 78.9 Å². The molecule has 0 radical (unpaired) electrons. The van der Waals surface area contributed by atoms with Gasteiger partial charge in [0.2, 0.25) is 0 Å². The van der Waals surface area contributed by atoms with Crippen molar-refractivity contribution in [1.29, 1.82) is 0 Å². The van der Waals surface area contributed by atoms with Gasteiger partial charge in [-0.25, -0.2) is 4.68 Å². The minimum atomic E-state index is 0.312. The van der Waals surface area contributed by atoms with Crippen LogP contribution >= 0.6 is 23.8 Å². The van der Waals surface area contributed by atoms with Crippen LogP contribution in [0, 0.1) is 11.7 Å². The molecule has 0 saturated carbocycles. The third-order valence-electron chi connectivity index (χ3n) is 5.31. The highest BCUT2D eigenvalue weighted by Gasteiger charge is 2.14. The number of aryl methyl sites for hydroxylation is 1. The summed E-state index contributed by atoms with van der Waals surface area (Å²) in [6.45, 7) is 4.44. The molecule has 0 N–H and O–H groups in total.